The predicted molar refractivity (Wildman–Crippen MR) is 81.3 cm³/mol. The van der Waals surface area contributed by atoms with Gasteiger partial charge < -0.3 is 15.8 Å². The number of pyridine rings is 1. The molecule has 0 atom stereocenters. The van der Waals surface area contributed by atoms with Gasteiger partial charge in [0.15, 0.2) is 0 Å². The molecule has 0 saturated heterocycles. The molecule has 1 saturated carbocycles. The van der Waals surface area contributed by atoms with Crippen molar-refractivity contribution in [2.24, 2.45) is 5.73 Å². The molecular weight excluding hydrogens is 306 g/mol. The van der Waals surface area contributed by atoms with E-state index in [1.165, 1.54) is 5.56 Å². The Bertz CT molecular complexity index is 406. The highest BCUT2D eigenvalue weighted by molar-refractivity contribution is 9.10. The third-order valence-electron chi connectivity index (χ3n) is 3.53. The Morgan fingerprint density at radius 3 is 2.84 bits per heavy atom. The summed E-state index contributed by atoms with van der Waals surface area (Å²) in [5, 5.41) is 3.28. The van der Waals surface area contributed by atoms with E-state index in [2.05, 4.69) is 33.2 Å². The summed E-state index contributed by atoms with van der Waals surface area (Å²) >= 11 is 3.44. The topological polar surface area (TPSA) is 60.2 Å². The summed E-state index contributed by atoms with van der Waals surface area (Å²) in [6, 6.07) is 2.41. The van der Waals surface area contributed by atoms with E-state index in [9.17, 15) is 0 Å². The summed E-state index contributed by atoms with van der Waals surface area (Å²) in [6.07, 6.45) is 6.58. The Morgan fingerprint density at radius 1 is 1.42 bits per heavy atom. The number of nitrogens with two attached hydrogens (primary N) is 1. The Balaban J connectivity index is 1.65. The molecule has 0 aliphatic heterocycles. The largest absolute Gasteiger partial charge is 0.376 e. The molecule has 0 spiro atoms. The number of nitrogens with zero attached hydrogens (tertiary/aromatic N) is 1. The highest BCUT2D eigenvalue weighted by Gasteiger charge is 2.18. The molecule has 0 radical (unpaired) electrons. The Labute approximate surface area is 123 Å². The lowest BCUT2D eigenvalue weighted by atomic mass is 9.94. The first-order chi connectivity index (χ1) is 9.15. The smallest absolute Gasteiger partial charge is 0.126 e. The Morgan fingerprint density at radius 2 is 2.16 bits per heavy atom. The van der Waals surface area contributed by atoms with Crippen LogP contribution in [0.2, 0.25) is 0 Å². The standard InChI is InChI=1S/C14H22BrN3O/c1-10-8-14(18-9-13(10)15)17-6-7-19-12-4-2-11(16)3-5-12/h8-9,11-12H,2-7,16H2,1H3,(H,17,18). The van der Waals surface area contributed by atoms with Gasteiger partial charge >= 0.3 is 0 Å². The zero-order valence-electron chi connectivity index (χ0n) is 11.4. The minimum atomic E-state index is 0.382. The molecule has 1 aromatic rings. The van der Waals surface area contributed by atoms with Crippen molar-refractivity contribution in [2.75, 3.05) is 18.5 Å². The van der Waals surface area contributed by atoms with Crippen molar-refractivity contribution in [3.8, 4) is 0 Å². The van der Waals surface area contributed by atoms with Gasteiger partial charge in [0.05, 0.1) is 12.7 Å². The fourth-order valence-electron chi connectivity index (χ4n) is 2.30. The first kappa shape index (κ1) is 14.8. The van der Waals surface area contributed by atoms with Gasteiger partial charge in [-0.2, -0.15) is 0 Å². The minimum absolute atomic E-state index is 0.382. The van der Waals surface area contributed by atoms with Gasteiger partial charge in [-0.1, -0.05) is 0 Å². The van der Waals surface area contributed by atoms with Crippen LogP contribution in [0.15, 0.2) is 16.7 Å². The molecular formula is C14H22BrN3O. The Hall–Kier alpha value is -0.650. The van der Waals surface area contributed by atoms with Crippen LogP contribution in [0.4, 0.5) is 5.82 Å². The lowest BCUT2D eigenvalue weighted by Crippen LogP contribution is -2.31. The molecule has 0 amide bonds. The van der Waals surface area contributed by atoms with E-state index in [1.54, 1.807) is 0 Å². The van der Waals surface area contributed by atoms with Crippen molar-refractivity contribution >= 4 is 21.7 Å². The molecule has 0 aromatic carbocycles. The van der Waals surface area contributed by atoms with Gasteiger partial charge in [0.1, 0.15) is 5.82 Å². The molecule has 5 heteroatoms. The summed E-state index contributed by atoms with van der Waals surface area (Å²) in [4.78, 5) is 4.30. The number of aromatic nitrogens is 1. The number of halogens is 1. The average Bonchev–Trinajstić information content (AvgIpc) is 2.41. The number of rotatable bonds is 5. The number of hydrogen-bond acceptors (Lipinski definition) is 4. The van der Waals surface area contributed by atoms with Gasteiger partial charge in [0, 0.05) is 23.3 Å². The maximum absolute atomic E-state index is 5.87. The van der Waals surface area contributed by atoms with Crippen LogP contribution in [0.25, 0.3) is 0 Å². The van der Waals surface area contributed by atoms with E-state index in [1.807, 2.05) is 12.3 Å². The van der Waals surface area contributed by atoms with Gasteiger partial charge in [0.25, 0.3) is 0 Å². The number of anilines is 1. The van der Waals surface area contributed by atoms with Crippen LogP contribution in [0.5, 0.6) is 0 Å². The normalized spacial score (nSPS) is 23.3. The fraction of sp³-hybridized carbons (Fsp3) is 0.643. The molecule has 2 rings (SSSR count). The lowest BCUT2D eigenvalue weighted by Gasteiger charge is -2.26. The van der Waals surface area contributed by atoms with Crippen molar-refractivity contribution in [3.63, 3.8) is 0 Å². The maximum Gasteiger partial charge on any atom is 0.126 e. The second-order valence-electron chi connectivity index (χ2n) is 5.15. The third kappa shape index (κ3) is 4.75. The molecule has 3 N–H and O–H groups in total. The third-order valence-corrected chi connectivity index (χ3v) is 4.36. The number of ether oxygens (including phenoxy) is 1. The molecule has 0 unspecified atom stereocenters. The van der Waals surface area contributed by atoms with Gasteiger partial charge in [-0.25, -0.2) is 4.98 Å². The van der Waals surface area contributed by atoms with Gasteiger partial charge in [-0.3, -0.25) is 0 Å². The van der Waals surface area contributed by atoms with E-state index in [4.69, 9.17) is 10.5 Å². The zero-order chi connectivity index (χ0) is 13.7. The van der Waals surface area contributed by atoms with Crippen LogP contribution in [0.3, 0.4) is 0 Å². The quantitative estimate of drug-likeness (QED) is 0.816. The summed E-state index contributed by atoms with van der Waals surface area (Å²) in [5.41, 5.74) is 7.05. The number of hydrogen-bond donors (Lipinski definition) is 2. The molecule has 19 heavy (non-hydrogen) atoms. The molecule has 1 aliphatic carbocycles. The summed E-state index contributed by atoms with van der Waals surface area (Å²) in [6.45, 7) is 3.56. The van der Waals surface area contributed by atoms with Crippen molar-refractivity contribution < 1.29 is 4.74 Å². The van der Waals surface area contributed by atoms with Crippen LogP contribution in [0, 0.1) is 6.92 Å². The molecule has 4 nitrogen and oxygen atoms in total. The second-order valence-corrected chi connectivity index (χ2v) is 6.01. The number of nitrogens with one attached hydrogen (secondary N) is 1. The van der Waals surface area contributed by atoms with Crippen molar-refractivity contribution in [2.45, 2.75) is 44.8 Å². The first-order valence-corrected chi connectivity index (χ1v) is 7.67. The average molecular weight is 328 g/mol. The Kier molecular flexibility index (Phi) is 5.60. The van der Waals surface area contributed by atoms with E-state index in [0.717, 1.165) is 49.1 Å². The fourth-order valence-corrected chi connectivity index (χ4v) is 2.51. The van der Waals surface area contributed by atoms with Crippen molar-refractivity contribution in [1.82, 2.24) is 4.98 Å². The van der Waals surface area contributed by atoms with Crippen LogP contribution in [0.1, 0.15) is 31.2 Å². The highest BCUT2D eigenvalue weighted by Crippen LogP contribution is 2.20. The first-order valence-electron chi connectivity index (χ1n) is 6.88. The molecule has 1 aliphatic rings. The van der Waals surface area contributed by atoms with Crippen LogP contribution in [-0.4, -0.2) is 30.3 Å². The summed E-state index contributed by atoms with van der Waals surface area (Å²) in [7, 11) is 0. The van der Waals surface area contributed by atoms with Gasteiger partial charge in [0.2, 0.25) is 0 Å². The van der Waals surface area contributed by atoms with Crippen LogP contribution in [-0.2, 0) is 4.74 Å². The zero-order valence-corrected chi connectivity index (χ0v) is 12.9. The second kappa shape index (κ2) is 7.22. The van der Waals surface area contributed by atoms with Crippen molar-refractivity contribution in [1.29, 1.82) is 0 Å². The molecule has 1 aromatic heterocycles. The van der Waals surface area contributed by atoms with Crippen LogP contribution >= 0.6 is 15.9 Å². The van der Waals surface area contributed by atoms with E-state index in [0.29, 0.717) is 12.1 Å². The monoisotopic (exact) mass is 327 g/mol. The predicted octanol–water partition coefficient (Wildman–Crippen LogP) is 2.85. The van der Waals surface area contributed by atoms with E-state index in [-0.39, 0.29) is 0 Å². The SMILES string of the molecule is Cc1cc(NCCOC2CCC(N)CC2)ncc1Br. The summed E-state index contributed by atoms with van der Waals surface area (Å²) in [5.74, 6) is 0.898. The molecule has 1 heterocycles. The van der Waals surface area contributed by atoms with Crippen molar-refractivity contribution in [3.05, 3.63) is 22.3 Å². The van der Waals surface area contributed by atoms with Gasteiger partial charge in [-0.15, -0.1) is 0 Å². The molecule has 0 bridgehead atoms. The van der Waals surface area contributed by atoms with E-state index < -0.39 is 0 Å². The van der Waals surface area contributed by atoms with Gasteiger partial charge in [-0.05, 0) is 60.2 Å². The highest BCUT2D eigenvalue weighted by atomic mass is 79.9. The number of aryl methyl sites for hydroxylation is 1. The lowest BCUT2D eigenvalue weighted by molar-refractivity contribution is 0.0313. The molecule has 106 valence electrons. The minimum Gasteiger partial charge on any atom is -0.376 e. The van der Waals surface area contributed by atoms with E-state index >= 15 is 0 Å². The van der Waals surface area contributed by atoms with Crippen LogP contribution < -0.4 is 11.1 Å². The molecule has 1 fully saturated rings. The maximum atomic E-state index is 5.87. The summed E-state index contributed by atoms with van der Waals surface area (Å²) < 4.78 is 6.89.